The SMILES string of the molecule is CS(=O)(=O)Oc1ccc2c(c1)C(CCCCNC(=O)C=Cc1ccc3ccccc3c1)NCC2. The second-order valence-corrected chi connectivity index (χ2v) is 10.2. The third-order valence-corrected chi connectivity index (χ3v) is 6.44. The first-order valence-electron chi connectivity index (χ1n) is 11.6. The molecule has 1 aliphatic heterocycles. The monoisotopic (exact) mass is 478 g/mol. The number of benzene rings is 3. The van der Waals surface area contributed by atoms with Gasteiger partial charge in [0.1, 0.15) is 5.75 Å². The Balaban J connectivity index is 1.23. The summed E-state index contributed by atoms with van der Waals surface area (Å²) in [5.74, 6) is 0.247. The molecular formula is C27H30N2O4S. The topological polar surface area (TPSA) is 84.5 Å². The zero-order valence-corrected chi connectivity index (χ0v) is 20.1. The van der Waals surface area contributed by atoms with Crippen molar-refractivity contribution in [1.29, 1.82) is 0 Å². The van der Waals surface area contributed by atoms with E-state index in [1.807, 2.05) is 36.4 Å². The molecule has 3 aromatic carbocycles. The zero-order chi connectivity index (χ0) is 24.0. The molecule has 0 aliphatic carbocycles. The van der Waals surface area contributed by atoms with Crippen molar-refractivity contribution in [2.75, 3.05) is 19.3 Å². The number of hydrogen-bond acceptors (Lipinski definition) is 5. The summed E-state index contributed by atoms with van der Waals surface area (Å²) in [6.45, 7) is 1.50. The smallest absolute Gasteiger partial charge is 0.306 e. The molecule has 0 aromatic heterocycles. The standard InChI is InChI=1S/C27H30N2O4S/c1-34(31,32)33-24-13-12-22-15-17-28-26(25(22)19-24)8-4-5-16-29-27(30)14-10-20-9-11-21-6-2-3-7-23(21)18-20/h2-3,6-7,9-14,18-19,26,28H,4-5,8,15-17H2,1H3,(H,29,30). The first-order valence-corrected chi connectivity index (χ1v) is 13.4. The molecule has 0 fully saturated rings. The van der Waals surface area contributed by atoms with E-state index in [0.29, 0.717) is 12.3 Å². The van der Waals surface area contributed by atoms with Gasteiger partial charge < -0.3 is 14.8 Å². The summed E-state index contributed by atoms with van der Waals surface area (Å²) < 4.78 is 28.0. The van der Waals surface area contributed by atoms with Crippen LogP contribution in [0.2, 0.25) is 0 Å². The predicted octanol–water partition coefficient (Wildman–Crippen LogP) is 4.36. The van der Waals surface area contributed by atoms with E-state index in [0.717, 1.165) is 55.0 Å². The largest absolute Gasteiger partial charge is 0.383 e. The Hall–Kier alpha value is -3.16. The molecule has 1 aliphatic rings. The minimum atomic E-state index is -3.55. The van der Waals surface area contributed by atoms with Gasteiger partial charge in [0.15, 0.2) is 0 Å². The highest BCUT2D eigenvalue weighted by Crippen LogP contribution is 2.30. The van der Waals surface area contributed by atoms with Crippen LogP contribution in [0, 0.1) is 0 Å². The Kier molecular flexibility index (Phi) is 7.65. The van der Waals surface area contributed by atoms with Gasteiger partial charge in [-0.1, -0.05) is 42.5 Å². The lowest BCUT2D eigenvalue weighted by molar-refractivity contribution is -0.116. The molecule has 0 saturated carbocycles. The molecular weight excluding hydrogens is 448 g/mol. The van der Waals surface area contributed by atoms with Crippen LogP contribution in [0.15, 0.2) is 66.7 Å². The molecule has 2 N–H and O–H groups in total. The second kappa shape index (κ2) is 10.8. The van der Waals surface area contributed by atoms with E-state index in [1.165, 1.54) is 10.9 Å². The summed E-state index contributed by atoms with van der Waals surface area (Å²) in [6.07, 6.45) is 8.06. The summed E-state index contributed by atoms with van der Waals surface area (Å²) in [6, 6.07) is 19.9. The fourth-order valence-electron chi connectivity index (χ4n) is 4.33. The van der Waals surface area contributed by atoms with Gasteiger partial charge in [-0.3, -0.25) is 4.79 Å². The third-order valence-electron chi connectivity index (χ3n) is 5.94. The van der Waals surface area contributed by atoms with Crippen LogP contribution in [0.5, 0.6) is 5.75 Å². The zero-order valence-electron chi connectivity index (χ0n) is 19.3. The Morgan fingerprint density at radius 2 is 1.91 bits per heavy atom. The van der Waals surface area contributed by atoms with Crippen LogP contribution in [0.1, 0.15) is 42.0 Å². The average molecular weight is 479 g/mol. The van der Waals surface area contributed by atoms with Gasteiger partial charge in [-0.15, -0.1) is 0 Å². The summed E-state index contributed by atoms with van der Waals surface area (Å²) in [5, 5.41) is 8.79. The van der Waals surface area contributed by atoms with Crippen molar-refractivity contribution in [3.05, 3.63) is 83.4 Å². The van der Waals surface area contributed by atoms with Gasteiger partial charge in [0, 0.05) is 18.7 Å². The van der Waals surface area contributed by atoms with E-state index >= 15 is 0 Å². The van der Waals surface area contributed by atoms with E-state index in [2.05, 4.69) is 34.9 Å². The lowest BCUT2D eigenvalue weighted by atomic mass is 9.91. The lowest BCUT2D eigenvalue weighted by Crippen LogP contribution is -2.30. The summed E-state index contributed by atoms with van der Waals surface area (Å²) in [4.78, 5) is 12.2. The molecule has 0 saturated heterocycles. The number of unbranched alkanes of at least 4 members (excludes halogenated alkanes) is 1. The molecule has 1 unspecified atom stereocenters. The fraction of sp³-hybridized carbons (Fsp3) is 0.296. The van der Waals surface area contributed by atoms with Crippen molar-refractivity contribution in [3.63, 3.8) is 0 Å². The van der Waals surface area contributed by atoms with Crippen molar-refractivity contribution in [1.82, 2.24) is 10.6 Å². The maximum Gasteiger partial charge on any atom is 0.306 e. The molecule has 1 atom stereocenters. The number of rotatable bonds is 9. The first-order chi connectivity index (χ1) is 16.4. The molecule has 0 radical (unpaired) electrons. The molecule has 4 rings (SSSR count). The quantitative estimate of drug-likeness (QED) is 0.271. The van der Waals surface area contributed by atoms with E-state index in [-0.39, 0.29) is 11.9 Å². The molecule has 1 amide bonds. The van der Waals surface area contributed by atoms with E-state index in [9.17, 15) is 13.2 Å². The van der Waals surface area contributed by atoms with Crippen LogP contribution in [0.25, 0.3) is 16.8 Å². The molecule has 34 heavy (non-hydrogen) atoms. The normalized spacial score (nSPS) is 15.9. The number of amides is 1. The second-order valence-electron chi connectivity index (χ2n) is 8.63. The highest BCUT2D eigenvalue weighted by atomic mass is 32.2. The summed E-state index contributed by atoms with van der Waals surface area (Å²) in [7, 11) is -3.55. The van der Waals surface area contributed by atoms with Crippen LogP contribution in [-0.4, -0.2) is 33.7 Å². The third kappa shape index (κ3) is 6.68. The maximum atomic E-state index is 12.2. The van der Waals surface area contributed by atoms with Crippen molar-refractivity contribution < 1.29 is 17.4 Å². The highest BCUT2D eigenvalue weighted by molar-refractivity contribution is 7.86. The Morgan fingerprint density at radius 3 is 2.74 bits per heavy atom. The Labute approximate surface area is 201 Å². The Morgan fingerprint density at radius 1 is 1.09 bits per heavy atom. The van der Waals surface area contributed by atoms with Crippen molar-refractivity contribution >= 4 is 32.9 Å². The van der Waals surface area contributed by atoms with Crippen molar-refractivity contribution in [3.8, 4) is 5.75 Å². The highest BCUT2D eigenvalue weighted by Gasteiger charge is 2.20. The first kappa shape index (κ1) is 24.0. The Bertz CT molecular complexity index is 1300. The molecule has 7 heteroatoms. The fourth-order valence-corrected chi connectivity index (χ4v) is 4.78. The molecule has 178 valence electrons. The number of carbonyl (C=O) groups excluding carboxylic acids is 1. The molecule has 0 spiro atoms. The number of carbonyl (C=O) groups is 1. The molecule has 1 heterocycles. The van der Waals surface area contributed by atoms with Gasteiger partial charge in [0.05, 0.1) is 6.26 Å². The lowest BCUT2D eigenvalue weighted by Gasteiger charge is -2.27. The van der Waals surface area contributed by atoms with Crippen LogP contribution in [0.3, 0.4) is 0 Å². The number of fused-ring (bicyclic) bond motifs is 2. The van der Waals surface area contributed by atoms with Crippen LogP contribution in [0.4, 0.5) is 0 Å². The van der Waals surface area contributed by atoms with Gasteiger partial charge in [-0.25, -0.2) is 0 Å². The van der Waals surface area contributed by atoms with Crippen LogP contribution in [-0.2, 0) is 21.3 Å². The van der Waals surface area contributed by atoms with Gasteiger partial charge in [-0.2, -0.15) is 8.42 Å². The van der Waals surface area contributed by atoms with Crippen LogP contribution >= 0.6 is 0 Å². The minimum absolute atomic E-state index is 0.100. The minimum Gasteiger partial charge on any atom is -0.383 e. The van der Waals surface area contributed by atoms with Crippen molar-refractivity contribution in [2.24, 2.45) is 0 Å². The predicted molar refractivity (Wildman–Crippen MR) is 136 cm³/mol. The van der Waals surface area contributed by atoms with Gasteiger partial charge >= 0.3 is 10.1 Å². The van der Waals surface area contributed by atoms with Crippen molar-refractivity contribution in [2.45, 2.75) is 31.7 Å². The van der Waals surface area contributed by atoms with E-state index in [4.69, 9.17) is 4.18 Å². The maximum absolute atomic E-state index is 12.2. The number of hydrogen-bond donors (Lipinski definition) is 2. The van der Waals surface area contributed by atoms with E-state index in [1.54, 1.807) is 12.1 Å². The molecule has 3 aromatic rings. The van der Waals surface area contributed by atoms with Gasteiger partial charge in [0.25, 0.3) is 0 Å². The number of nitrogens with one attached hydrogen (secondary N) is 2. The molecule has 6 nitrogen and oxygen atoms in total. The average Bonchev–Trinajstić information content (AvgIpc) is 2.81. The van der Waals surface area contributed by atoms with Gasteiger partial charge in [0.2, 0.25) is 5.91 Å². The summed E-state index contributed by atoms with van der Waals surface area (Å²) >= 11 is 0. The van der Waals surface area contributed by atoms with Crippen LogP contribution < -0.4 is 14.8 Å². The van der Waals surface area contributed by atoms with E-state index < -0.39 is 10.1 Å². The molecule has 0 bridgehead atoms. The van der Waals surface area contributed by atoms with Gasteiger partial charge in [-0.05, 0) is 84.0 Å². The summed E-state index contributed by atoms with van der Waals surface area (Å²) in [5.41, 5.74) is 3.31.